The Morgan fingerprint density at radius 2 is 2.33 bits per heavy atom. The number of rotatable bonds is 5. The van der Waals surface area contributed by atoms with Crippen molar-refractivity contribution in [2.45, 2.75) is 32.7 Å². The van der Waals surface area contributed by atoms with E-state index in [1.54, 1.807) is 12.3 Å². The minimum atomic E-state index is -0.535. The van der Waals surface area contributed by atoms with E-state index < -0.39 is 6.23 Å². The highest BCUT2D eigenvalue weighted by molar-refractivity contribution is 6.31. The van der Waals surface area contributed by atoms with Crippen molar-refractivity contribution >= 4 is 11.6 Å². The maximum atomic E-state index is 9.32. The van der Waals surface area contributed by atoms with Crippen LogP contribution in [0.3, 0.4) is 0 Å². The largest absolute Gasteiger partial charge is 0.390 e. The quantitative estimate of drug-likeness (QED) is 0.662. The fraction of sp³-hybridized carbons (Fsp3) is 0.500. The Morgan fingerprint density at radius 1 is 1.60 bits per heavy atom. The van der Waals surface area contributed by atoms with E-state index in [1.807, 2.05) is 6.92 Å². The van der Waals surface area contributed by atoms with E-state index in [1.165, 1.54) is 0 Å². The SMILES string of the molecule is CCC(O)NCc1ccnc(CO)c1Cl. The lowest BCUT2D eigenvalue weighted by Gasteiger charge is -2.12. The van der Waals surface area contributed by atoms with Crippen LogP contribution in [-0.4, -0.2) is 21.4 Å². The molecule has 1 aromatic rings. The van der Waals surface area contributed by atoms with Crippen molar-refractivity contribution in [3.63, 3.8) is 0 Å². The van der Waals surface area contributed by atoms with Gasteiger partial charge in [-0.3, -0.25) is 10.3 Å². The zero-order valence-electron chi connectivity index (χ0n) is 8.57. The third-order valence-corrected chi connectivity index (χ3v) is 2.57. The number of aliphatic hydroxyl groups is 2. The number of nitrogens with one attached hydrogen (secondary N) is 1. The van der Waals surface area contributed by atoms with Gasteiger partial charge in [-0.05, 0) is 18.1 Å². The van der Waals surface area contributed by atoms with Crippen molar-refractivity contribution in [1.29, 1.82) is 0 Å². The monoisotopic (exact) mass is 230 g/mol. The summed E-state index contributed by atoms with van der Waals surface area (Å²) in [5.74, 6) is 0. The highest BCUT2D eigenvalue weighted by atomic mass is 35.5. The third-order valence-electron chi connectivity index (χ3n) is 2.11. The predicted molar refractivity (Wildman–Crippen MR) is 58.3 cm³/mol. The molecule has 0 saturated heterocycles. The molecule has 0 spiro atoms. The molecule has 0 aliphatic heterocycles. The second-order valence-corrected chi connectivity index (χ2v) is 3.57. The number of hydrogen-bond acceptors (Lipinski definition) is 4. The number of aromatic nitrogens is 1. The standard InChI is InChI=1S/C10H15ClN2O2/c1-2-9(15)13-5-7-3-4-12-8(6-14)10(7)11/h3-4,9,13-15H,2,5-6H2,1H3. The molecule has 0 amide bonds. The van der Waals surface area contributed by atoms with Crippen LogP contribution in [0.4, 0.5) is 0 Å². The summed E-state index contributed by atoms with van der Waals surface area (Å²) in [7, 11) is 0. The molecule has 0 saturated carbocycles. The summed E-state index contributed by atoms with van der Waals surface area (Å²) in [5, 5.41) is 21.6. The molecule has 5 heteroatoms. The fourth-order valence-corrected chi connectivity index (χ4v) is 1.39. The van der Waals surface area contributed by atoms with Crippen LogP contribution in [0.2, 0.25) is 5.02 Å². The van der Waals surface area contributed by atoms with Gasteiger partial charge in [-0.25, -0.2) is 0 Å². The van der Waals surface area contributed by atoms with Gasteiger partial charge in [0.2, 0.25) is 0 Å². The van der Waals surface area contributed by atoms with Gasteiger partial charge in [0.1, 0.15) is 6.23 Å². The Balaban J connectivity index is 2.68. The van der Waals surface area contributed by atoms with E-state index in [2.05, 4.69) is 10.3 Å². The lowest BCUT2D eigenvalue weighted by Crippen LogP contribution is -2.27. The van der Waals surface area contributed by atoms with Crippen LogP contribution in [-0.2, 0) is 13.2 Å². The van der Waals surface area contributed by atoms with E-state index in [9.17, 15) is 5.11 Å². The highest BCUT2D eigenvalue weighted by Crippen LogP contribution is 2.18. The normalized spacial score (nSPS) is 12.8. The van der Waals surface area contributed by atoms with Crippen molar-refractivity contribution in [3.8, 4) is 0 Å². The van der Waals surface area contributed by atoms with Crippen molar-refractivity contribution in [1.82, 2.24) is 10.3 Å². The van der Waals surface area contributed by atoms with Crippen LogP contribution in [0.15, 0.2) is 12.3 Å². The minimum Gasteiger partial charge on any atom is -0.390 e. The van der Waals surface area contributed by atoms with Crippen LogP contribution in [0.5, 0.6) is 0 Å². The first-order valence-corrected chi connectivity index (χ1v) is 5.21. The Labute approximate surface area is 93.9 Å². The number of aliphatic hydroxyl groups excluding tert-OH is 2. The molecule has 0 aromatic carbocycles. The highest BCUT2D eigenvalue weighted by Gasteiger charge is 2.07. The molecular weight excluding hydrogens is 216 g/mol. The van der Waals surface area contributed by atoms with Crippen LogP contribution in [0.1, 0.15) is 24.6 Å². The summed E-state index contributed by atoms with van der Waals surface area (Å²) >= 11 is 5.99. The van der Waals surface area contributed by atoms with Gasteiger partial charge in [-0.1, -0.05) is 18.5 Å². The van der Waals surface area contributed by atoms with Crippen LogP contribution in [0.25, 0.3) is 0 Å². The van der Waals surface area contributed by atoms with Gasteiger partial charge in [-0.2, -0.15) is 0 Å². The second kappa shape index (κ2) is 6.02. The maximum Gasteiger partial charge on any atom is 0.104 e. The van der Waals surface area contributed by atoms with Gasteiger partial charge >= 0.3 is 0 Å². The van der Waals surface area contributed by atoms with Gasteiger partial charge in [0.05, 0.1) is 17.3 Å². The predicted octanol–water partition coefficient (Wildman–Crippen LogP) is 1.05. The smallest absolute Gasteiger partial charge is 0.104 e. The molecule has 1 unspecified atom stereocenters. The molecule has 1 aromatic heterocycles. The molecule has 1 heterocycles. The lowest BCUT2D eigenvalue weighted by molar-refractivity contribution is 0.131. The van der Waals surface area contributed by atoms with E-state index in [4.69, 9.17) is 16.7 Å². The van der Waals surface area contributed by atoms with Crippen LogP contribution < -0.4 is 5.32 Å². The Hall–Kier alpha value is -0.680. The van der Waals surface area contributed by atoms with Crippen molar-refractivity contribution in [2.24, 2.45) is 0 Å². The summed E-state index contributed by atoms with van der Waals surface area (Å²) in [4.78, 5) is 3.93. The van der Waals surface area contributed by atoms with Gasteiger partial charge in [-0.15, -0.1) is 0 Å². The molecule has 84 valence electrons. The maximum absolute atomic E-state index is 9.32. The van der Waals surface area contributed by atoms with Gasteiger partial charge in [0, 0.05) is 12.7 Å². The lowest BCUT2D eigenvalue weighted by atomic mass is 10.2. The van der Waals surface area contributed by atoms with Gasteiger partial charge in [0.15, 0.2) is 0 Å². The number of pyridine rings is 1. The summed E-state index contributed by atoms with van der Waals surface area (Å²) in [6, 6.07) is 1.76. The van der Waals surface area contributed by atoms with Crippen molar-refractivity contribution in [2.75, 3.05) is 0 Å². The number of nitrogens with zero attached hydrogens (tertiary/aromatic N) is 1. The molecule has 3 N–H and O–H groups in total. The molecule has 15 heavy (non-hydrogen) atoms. The first kappa shape index (κ1) is 12.4. The number of hydrogen-bond donors (Lipinski definition) is 3. The van der Waals surface area contributed by atoms with E-state index in [-0.39, 0.29) is 6.61 Å². The zero-order chi connectivity index (χ0) is 11.3. The van der Waals surface area contributed by atoms with Crippen LogP contribution >= 0.6 is 11.6 Å². The fourth-order valence-electron chi connectivity index (χ4n) is 1.15. The summed E-state index contributed by atoms with van der Waals surface area (Å²) in [5.41, 5.74) is 1.28. The molecule has 0 radical (unpaired) electrons. The molecule has 0 aliphatic carbocycles. The van der Waals surface area contributed by atoms with E-state index >= 15 is 0 Å². The molecule has 0 fully saturated rings. The summed E-state index contributed by atoms with van der Waals surface area (Å²) in [6.07, 6.45) is 1.69. The zero-order valence-corrected chi connectivity index (χ0v) is 9.33. The van der Waals surface area contributed by atoms with Crippen LogP contribution in [0, 0.1) is 0 Å². The van der Waals surface area contributed by atoms with Crippen molar-refractivity contribution < 1.29 is 10.2 Å². The van der Waals surface area contributed by atoms with Gasteiger partial charge in [0.25, 0.3) is 0 Å². The molecule has 1 atom stereocenters. The molecule has 4 nitrogen and oxygen atoms in total. The minimum absolute atomic E-state index is 0.178. The molecule has 1 rings (SSSR count). The van der Waals surface area contributed by atoms with E-state index in [0.717, 1.165) is 5.56 Å². The third kappa shape index (κ3) is 3.43. The Morgan fingerprint density at radius 3 is 2.93 bits per heavy atom. The first-order chi connectivity index (χ1) is 7.19. The summed E-state index contributed by atoms with van der Waals surface area (Å²) < 4.78 is 0. The molecule has 0 bridgehead atoms. The second-order valence-electron chi connectivity index (χ2n) is 3.19. The Bertz CT molecular complexity index is 320. The Kier molecular flexibility index (Phi) is 4.98. The first-order valence-electron chi connectivity index (χ1n) is 4.83. The summed E-state index contributed by atoms with van der Waals surface area (Å²) in [6.45, 7) is 2.16. The average molecular weight is 231 g/mol. The van der Waals surface area contributed by atoms with Gasteiger partial charge < -0.3 is 10.2 Å². The van der Waals surface area contributed by atoms with Crippen molar-refractivity contribution in [3.05, 3.63) is 28.5 Å². The van der Waals surface area contributed by atoms with E-state index in [0.29, 0.717) is 23.7 Å². The topological polar surface area (TPSA) is 65.4 Å². The number of halogens is 1. The molecular formula is C10H15ClN2O2. The molecule has 0 aliphatic rings. The average Bonchev–Trinajstić information content (AvgIpc) is 2.27.